The maximum atomic E-state index is 12.2. The van der Waals surface area contributed by atoms with Gasteiger partial charge in [-0.05, 0) is 17.5 Å². The van der Waals surface area contributed by atoms with Gasteiger partial charge in [0.1, 0.15) is 0 Å². The summed E-state index contributed by atoms with van der Waals surface area (Å²) in [6.45, 7) is 6.38. The van der Waals surface area contributed by atoms with Crippen LogP contribution >= 0.6 is 0 Å². The summed E-state index contributed by atoms with van der Waals surface area (Å²) in [6, 6.07) is 7.61. The first-order valence-corrected chi connectivity index (χ1v) is 9.58. The molecule has 2 rings (SSSR count). The fourth-order valence-electron chi connectivity index (χ4n) is 2.60. The van der Waals surface area contributed by atoms with Crippen molar-refractivity contribution in [2.75, 3.05) is 37.2 Å². The van der Waals surface area contributed by atoms with Gasteiger partial charge < -0.3 is 10.6 Å². The van der Waals surface area contributed by atoms with Gasteiger partial charge in [-0.15, -0.1) is 0 Å². The van der Waals surface area contributed by atoms with Crippen molar-refractivity contribution in [1.29, 1.82) is 0 Å². The lowest BCUT2D eigenvalue weighted by Gasteiger charge is -2.26. The number of rotatable bonds is 6. The Morgan fingerprint density at radius 1 is 1.26 bits per heavy atom. The second kappa shape index (κ2) is 7.90. The number of sulfonamides is 1. The van der Waals surface area contributed by atoms with Crippen LogP contribution in [-0.4, -0.2) is 50.6 Å². The van der Waals surface area contributed by atoms with E-state index in [1.165, 1.54) is 4.31 Å². The summed E-state index contributed by atoms with van der Waals surface area (Å²) in [5.41, 5.74) is 1.80. The molecule has 0 aliphatic carbocycles. The van der Waals surface area contributed by atoms with Gasteiger partial charge >= 0.3 is 0 Å². The molecule has 1 aromatic rings. The fourth-order valence-corrected chi connectivity index (χ4v) is 4.04. The molecule has 1 aliphatic rings. The van der Waals surface area contributed by atoms with Crippen LogP contribution in [0.4, 0.5) is 5.69 Å². The summed E-state index contributed by atoms with van der Waals surface area (Å²) < 4.78 is 25.9. The number of hydrogen-bond donors (Lipinski definition) is 2. The van der Waals surface area contributed by atoms with Crippen LogP contribution < -0.4 is 10.6 Å². The number of para-hydroxylation sites is 1. The molecule has 0 bridgehead atoms. The van der Waals surface area contributed by atoms with Gasteiger partial charge in [-0.3, -0.25) is 4.79 Å². The second-order valence-electron chi connectivity index (χ2n) is 6.01. The molecule has 128 valence electrons. The van der Waals surface area contributed by atoms with Crippen molar-refractivity contribution >= 4 is 21.6 Å². The quantitative estimate of drug-likeness (QED) is 0.821. The minimum atomic E-state index is -3.36. The summed E-state index contributed by atoms with van der Waals surface area (Å²) in [4.78, 5) is 12.1. The highest BCUT2D eigenvalue weighted by molar-refractivity contribution is 7.89. The van der Waals surface area contributed by atoms with Crippen LogP contribution in [0.5, 0.6) is 0 Å². The molecular formula is C16H25N3O3S. The number of carbonyl (C=O) groups excluding carboxylic acids is 1. The van der Waals surface area contributed by atoms with Crippen molar-refractivity contribution in [3.8, 4) is 0 Å². The van der Waals surface area contributed by atoms with Crippen molar-refractivity contribution < 1.29 is 13.2 Å². The number of nitrogens with one attached hydrogen (secondary N) is 2. The van der Waals surface area contributed by atoms with Gasteiger partial charge in [0.25, 0.3) is 0 Å². The van der Waals surface area contributed by atoms with Crippen molar-refractivity contribution in [1.82, 2.24) is 9.62 Å². The van der Waals surface area contributed by atoms with Crippen molar-refractivity contribution in [2.45, 2.75) is 26.2 Å². The standard InChI is InChI=1S/C16H25N3O3S/c1-13(2)14-5-3-4-6-15(14)18-16(20)7-12-23(21,22)19-10-8-17-9-11-19/h3-6,13,17H,7-12H2,1-2H3,(H,18,20). The maximum absolute atomic E-state index is 12.2. The zero-order valence-electron chi connectivity index (χ0n) is 13.7. The molecule has 0 spiro atoms. The smallest absolute Gasteiger partial charge is 0.225 e. The van der Waals surface area contributed by atoms with E-state index in [1.807, 2.05) is 24.3 Å². The molecule has 0 aromatic heterocycles. The van der Waals surface area contributed by atoms with Gasteiger partial charge in [-0.1, -0.05) is 32.0 Å². The highest BCUT2D eigenvalue weighted by atomic mass is 32.2. The normalized spacial score (nSPS) is 16.5. The Morgan fingerprint density at radius 3 is 2.57 bits per heavy atom. The van der Waals surface area contributed by atoms with Crippen molar-refractivity contribution in [3.05, 3.63) is 29.8 Å². The lowest BCUT2D eigenvalue weighted by molar-refractivity contribution is -0.115. The van der Waals surface area contributed by atoms with Crippen LogP contribution in [0.25, 0.3) is 0 Å². The van der Waals surface area contributed by atoms with E-state index in [2.05, 4.69) is 24.5 Å². The lowest BCUT2D eigenvalue weighted by atomic mass is 10.0. The Morgan fingerprint density at radius 2 is 1.91 bits per heavy atom. The zero-order chi connectivity index (χ0) is 16.9. The van der Waals surface area contributed by atoms with Gasteiger partial charge in [-0.25, -0.2) is 8.42 Å². The van der Waals surface area contributed by atoms with E-state index in [0.29, 0.717) is 26.2 Å². The van der Waals surface area contributed by atoms with Gasteiger partial charge in [0, 0.05) is 38.3 Å². The minimum Gasteiger partial charge on any atom is -0.326 e. The topological polar surface area (TPSA) is 78.5 Å². The molecule has 1 aliphatic heterocycles. The first-order chi connectivity index (χ1) is 10.9. The van der Waals surface area contributed by atoms with Crippen LogP contribution in [0.2, 0.25) is 0 Å². The first kappa shape index (κ1) is 17.9. The molecular weight excluding hydrogens is 314 g/mol. The minimum absolute atomic E-state index is 0.0291. The van der Waals surface area contributed by atoms with E-state index >= 15 is 0 Å². The third-order valence-electron chi connectivity index (χ3n) is 3.91. The van der Waals surface area contributed by atoms with Crippen molar-refractivity contribution in [2.24, 2.45) is 0 Å². The fraction of sp³-hybridized carbons (Fsp3) is 0.562. The first-order valence-electron chi connectivity index (χ1n) is 7.97. The van der Waals surface area contributed by atoms with E-state index in [9.17, 15) is 13.2 Å². The molecule has 0 radical (unpaired) electrons. The largest absolute Gasteiger partial charge is 0.326 e. The molecule has 23 heavy (non-hydrogen) atoms. The van der Waals surface area contributed by atoms with Gasteiger partial charge in [0.15, 0.2) is 0 Å². The summed E-state index contributed by atoms with van der Waals surface area (Å²) in [7, 11) is -3.36. The SMILES string of the molecule is CC(C)c1ccccc1NC(=O)CCS(=O)(=O)N1CCNCC1. The van der Waals surface area contributed by atoms with Gasteiger partial charge in [0.05, 0.1) is 5.75 Å². The molecule has 1 aromatic carbocycles. The van der Waals surface area contributed by atoms with Gasteiger partial charge in [0.2, 0.25) is 15.9 Å². The summed E-state index contributed by atoms with van der Waals surface area (Å²) in [5.74, 6) is -0.129. The van der Waals surface area contributed by atoms with E-state index in [1.54, 1.807) is 0 Å². The molecule has 7 heteroatoms. The summed E-state index contributed by atoms with van der Waals surface area (Å²) in [5, 5.41) is 5.95. The molecule has 2 N–H and O–H groups in total. The Balaban J connectivity index is 1.92. The van der Waals surface area contributed by atoms with Crippen LogP contribution in [0.1, 0.15) is 31.7 Å². The summed E-state index contributed by atoms with van der Waals surface area (Å²) in [6.07, 6.45) is -0.0291. The lowest BCUT2D eigenvalue weighted by Crippen LogP contribution is -2.47. The molecule has 1 saturated heterocycles. The third kappa shape index (κ3) is 5.02. The highest BCUT2D eigenvalue weighted by Gasteiger charge is 2.24. The number of amides is 1. The molecule has 1 amide bonds. The van der Waals surface area contributed by atoms with Crippen LogP contribution in [0.15, 0.2) is 24.3 Å². The number of carbonyl (C=O) groups is 1. The number of anilines is 1. The zero-order valence-corrected chi connectivity index (χ0v) is 14.5. The Bertz CT molecular complexity index is 638. The molecule has 0 saturated carbocycles. The predicted octanol–water partition coefficient (Wildman–Crippen LogP) is 1.37. The van der Waals surface area contributed by atoms with Crippen LogP contribution in [0, 0.1) is 0 Å². The maximum Gasteiger partial charge on any atom is 0.225 e. The Hall–Kier alpha value is -1.44. The second-order valence-corrected chi connectivity index (χ2v) is 8.09. The average molecular weight is 339 g/mol. The molecule has 1 fully saturated rings. The van der Waals surface area contributed by atoms with E-state index in [0.717, 1.165) is 11.3 Å². The van der Waals surface area contributed by atoms with E-state index in [4.69, 9.17) is 0 Å². The van der Waals surface area contributed by atoms with E-state index in [-0.39, 0.29) is 24.0 Å². The molecule has 0 unspecified atom stereocenters. The van der Waals surface area contributed by atoms with E-state index < -0.39 is 10.0 Å². The molecule has 1 heterocycles. The predicted molar refractivity (Wildman–Crippen MR) is 92.0 cm³/mol. The van der Waals surface area contributed by atoms with Crippen LogP contribution in [0.3, 0.4) is 0 Å². The number of nitrogens with zero attached hydrogens (tertiary/aromatic N) is 1. The van der Waals surface area contributed by atoms with Crippen LogP contribution in [-0.2, 0) is 14.8 Å². The number of hydrogen-bond acceptors (Lipinski definition) is 4. The van der Waals surface area contributed by atoms with Gasteiger partial charge in [-0.2, -0.15) is 4.31 Å². The Kier molecular flexibility index (Phi) is 6.15. The molecule has 6 nitrogen and oxygen atoms in total. The number of piperazine rings is 1. The number of benzene rings is 1. The molecule has 0 atom stereocenters. The monoisotopic (exact) mass is 339 g/mol. The average Bonchev–Trinajstić information content (AvgIpc) is 2.54. The Labute approximate surface area is 138 Å². The van der Waals surface area contributed by atoms with Crippen molar-refractivity contribution in [3.63, 3.8) is 0 Å². The highest BCUT2D eigenvalue weighted by Crippen LogP contribution is 2.23. The summed E-state index contributed by atoms with van der Waals surface area (Å²) >= 11 is 0. The third-order valence-corrected chi connectivity index (χ3v) is 5.79.